The van der Waals surface area contributed by atoms with Crippen molar-refractivity contribution in [2.75, 3.05) is 13.1 Å². The topological polar surface area (TPSA) is 31.2 Å². The van der Waals surface area contributed by atoms with E-state index < -0.39 is 0 Å². The van der Waals surface area contributed by atoms with Crippen LogP contribution in [0.1, 0.15) is 22.3 Å². The van der Waals surface area contributed by atoms with Crippen LogP contribution in [0.25, 0.3) is 76.5 Å². The van der Waals surface area contributed by atoms with Crippen molar-refractivity contribution in [1.82, 2.24) is 9.80 Å². The van der Waals surface area contributed by atoms with E-state index in [9.17, 15) is 0 Å². The minimum atomic E-state index is 0.0404. The van der Waals surface area contributed by atoms with Crippen molar-refractivity contribution in [3.8, 4) is 22.3 Å². The molecule has 0 bridgehead atoms. The standard InChI is InChI=1S/C60H42N4/c1-3-11-39(12-4-1)49-27-29-57-61-55(37-63(57)35-49)45-23-19-43-33-47(25-21-41(43)31-45)59-51-15-7-9-17-53(51)60(54-18-10-8-16-52(54)59)48-26-22-42-32-46(24-20-44(42)34-48)56-38-64-36-50(28-30-58(64)62-56)40-13-5-2-6-14-40/h1-36,57-58H,37-38H2. The summed E-state index contributed by atoms with van der Waals surface area (Å²) in [5.41, 5.74) is 14.5. The van der Waals surface area contributed by atoms with Crippen LogP contribution in [0.15, 0.2) is 229 Å². The van der Waals surface area contributed by atoms with Crippen molar-refractivity contribution in [3.63, 3.8) is 0 Å². The molecule has 4 aliphatic rings. The van der Waals surface area contributed by atoms with E-state index >= 15 is 0 Å². The zero-order valence-electron chi connectivity index (χ0n) is 35.1. The molecule has 2 atom stereocenters. The molecule has 4 heteroatoms. The molecule has 4 aliphatic heterocycles. The molecule has 0 radical (unpaired) electrons. The summed E-state index contributed by atoms with van der Waals surface area (Å²) in [5.74, 6) is 0. The molecule has 2 unspecified atom stereocenters. The number of hydrogen-bond donors (Lipinski definition) is 0. The highest BCUT2D eigenvalue weighted by Crippen LogP contribution is 2.45. The Labute approximate surface area is 372 Å². The third-order valence-electron chi connectivity index (χ3n) is 13.5. The van der Waals surface area contributed by atoms with Gasteiger partial charge in [0, 0.05) is 12.4 Å². The molecular weight excluding hydrogens is 777 g/mol. The number of rotatable bonds is 6. The Morgan fingerprint density at radius 1 is 0.344 bits per heavy atom. The zero-order valence-corrected chi connectivity index (χ0v) is 35.1. The number of benzene rings is 9. The Bertz CT molecular complexity index is 3280. The van der Waals surface area contributed by atoms with Gasteiger partial charge in [0.2, 0.25) is 0 Å². The SMILES string of the molecule is C1=CC2N=C(c3ccc4cc(-c5c6ccccc6c(-c6ccc7cc(C8=NC9C=CC(c%10ccccc%10)=CN9C8)ccc7c6)c6ccccc56)ccc4c3)CN2C=C1c1ccccc1. The third kappa shape index (κ3) is 6.21. The van der Waals surface area contributed by atoms with Crippen LogP contribution in [0, 0.1) is 0 Å². The number of hydrogen-bond acceptors (Lipinski definition) is 4. The second-order valence-electron chi connectivity index (χ2n) is 17.3. The maximum absolute atomic E-state index is 5.14. The lowest BCUT2D eigenvalue weighted by atomic mass is 9.85. The predicted molar refractivity (Wildman–Crippen MR) is 269 cm³/mol. The fourth-order valence-electron chi connectivity index (χ4n) is 10.3. The van der Waals surface area contributed by atoms with E-state index in [0.29, 0.717) is 0 Å². The van der Waals surface area contributed by atoms with E-state index in [1.165, 1.54) is 98.7 Å². The molecule has 4 nitrogen and oxygen atoms in total. The second kappa shape index (κ2) is 14.8. The van der Waals surface area contributed by atoms with Crippen molar-refractivity contribution in [2.24, 2.45) is 9.98 Å². The summed E-state index contributed by atoms with van der Waals surface area (Å²) in [5, 5.41) is 9.90. The minimum absolute atomic E-state index is 0.0404. The van der Waals surface area contributed by atoms with Gasteiger partial charge in [0.05, 0.1) is 24.5 Å². The quantitative estimate of drug-likeness (QED) is 0.157. The van der Waals surface area contributed by atoms with Gasteiger partial charge in [-0.15, -0.1) is 0 Å². The molecule has 302 valence electrons. The minimum Gasteiger partial charge on any atom is -0.346 e. The van der Waals surface area contributed by atoms with Gasteiger partial charge >= 0.3 is 0 Å². The molecule has 0 spiro atoms. The van der Waals surface area contributed by atoms with Gasteiger partial charge in [-0.2, -0.15) is 0 Å². The molecule has 9 aromatic carbocycles. The number of fused-ring (bicyclic) bond motifs is 6. The number of nitrogens with zero attached hydrogens (tertiary/aromatic N) is 4. The monoisotopic (exact) mass is 818 g/mol. The van der Waals surface area contributed by atoms with E-state index in [4.69, 9.17) is 9.98 Å². The molecule has 0 amide bonds. The van der Waals surface area contributed by atoms with Gasteiger partial charge < -0.3 is 9.80 Å². The van der Waals surface area contributed by atoms with Crippen LogP contribution in [0.2, 0.25) is 0 Å². The Hall–Kier alpha value is -8.08. The van der Waals surface area contributed by atoms with Gasteiger partial charge in [0.15, 0.2) is 0 Å². The molecule has 0 fully saturated rings. The van der Waals surface area contributed by atoms with E-state index in [1.54, 1.807) is 0 Å². The Balaban J connectivity index is 0.819. The average molecular weight is 819 g/mol. The van der Waals surface area contributed by atoms with Crippen molar-refractivity contribution in [1.29, 1.82) is 0 Å². The summed E-state index contributed by atoms with van der Waals surface area (Å²) >= 11 is 0. The number of aliphatic imine (C=N–C) groups is 2. The van der Waals surface area contributed by atoms with Gasteiger partial charge in [-0.05, 0) is 135 Å². The lowest BCUT2D eigenvalue weighted by Crippen LogP contribution is -2.26. The highest BCUT2D eigenvalue weighted by atomic mass is 15.3. The molecule has 64 heavy (non-hydrogen) atoms. The molecule has 0 aliphatic carbocycles. The molecule has 9 aromatic rings. The smallest absolute Gasteiger partial charge is 0.140 e. The van der Waals surface area contributed by atoms with Crippen molar-refractivity contribution < 1.29 is 0 Å². The highest BCUT2D eigenvalue weighted by Gasteiger charge is 2.28. The van der Waals surface area contributed by atoms with Crippen LogP contribution in [0.4, 0.5) is 0 Å². The summed E-state index contributed by atoms with van der Waals surface area (Å²) in [6.45, 7) is 1.58. The van der Waals surface area contributed by atoms with Gasteiger partial charge in [-0.25, -0.2) is 0 Å². The fraction of sp³-hybridized carbons (Fsp3) is 0.0667. The number of allylic oxidation sites excluding steroid dienone is 4. The van der Waals surface area contributed by atoms with E-state index in [-0.39, 0.29) is 12.3 Å². The first-order chi connectivity index (χ1) is 31.7. The maximum Gasteiger partial charge on any atom is 0.140 e. The van der Waals surface area contributed by atoms with E-state index in [2.05, 4.69) is 228 Å². The largest absolute Gasteiger partial charge is 0.346 e. The lowest BCUT2D eigenvalue weighted by molar-refractivity contribution is 0.396. The first kappa shape index (κ1) is 36.6. The van der Waals surface area contributed by atoms with Crippen LogP contribution in [0.3, 0.4) is 0 Å². The molecule has 0 saturated carbocycles. The zero-order chi connectivity index (χ0) is 42.1. The highest BCUT2D eigenvalue weighted by molar-refractivity contribution is 6.22. The molecule has 0 N–H and O–H groups in total. The van der Waals surface area contributed by atoms with Gasteiger partial charge in [-0.1, -0.05) is 170 Å². The van der Waals surface area contributed by atoms with E-state index in [0.717, 1.165) is 24.5 Å². The van der Waals surface area contributed by atoms with Crippen LogP contribution >= 0.6 is 0 Å². The van der Waals surface area contributed by atoms with Crippen molar-refractivity contribution in [3.05, 3.63) is 241 Å². The van der Waals surface area contributed by atoms with Crippen LogP contribution in [-0.2, 0) is 0 Å². The lowest BCUT2D eigenvalue weighted by Gasteiger charge is -2.23. The molecular formula is C60H42N4. The molecule has 13 rings (SSSR count). The normalized spacial score (nSPS) is 17.8. The van der Waals surface area contributed by atoms with E-state index in [1.807, 2.05) is 0 Å². The fourth-order valence-corrected chi connectivity index (χ4v) is 10.3. The Kier molecular flexibility index (Phi) is 8.45. The van der Waals surface area contributed by atoms with Gasteiger partial charge in [0.1, 0.15) is 12.3 Å². The summed E-state index contributed by atoms with van der Waals surface area (Å²) in [7, 11) is 0. The van der Waals surface area contributed by atoms with Crippen molar-refractivity contribution in [2.45, 2.75) is 12.3 Å². The third-order valence-corrected chi connectivity index (χ3v) is 13.5. The maximum atomic E-state index is 5.14. The van der Waals surface area contributed by atoms with Crippen LogP contribution in [0.5, 0.6) is 0 Å². The summed E-state index contributed by atoms with van der Waals surface area (Å²) in [6, 6.07) is 66.6. The second-order valence-corrected chi connectivity index (χ2v) is 17.3. The summed E-state index contributed by atoms with van der Waals surface area (Å²) in [4.78, 5) is 15.0. The Morgan fingerprint density at radius 3 is 1.08 bits per heavy atom. The molecule has 0 saturated heterocycles. The summed E-state index contributed by atoms with van der Waals surface area (Å²) < 4.78 is 0. The molecule has 0 aromatic heterocycles. The van der Waals surface area contributed by atoms with Crippen LogP contribution in [-0.4, -0.2) is 46.6 Å². The van der Waals surface area contributed by atoms with Crippen LogP contribution < -0.4 is 0 Å². The summed E-state index contributed by atoms with van der Waals surface area (Å²) in [6.07, 6.45) is 13.4. The first-order valence-electron chi connectivity index (χ1n) is 22.3. The van der Waals surface area contributed by atoms with Crippen molar-refractivity contribution >= 4 is 65.7 Å². The molecule has 4 heterocycles. The predicted octanol–water partition coefficient (Wildman–Crippen LogP) is 13.7. The first-order valence-corrected chi connectivity index (χ1v) is 22.3. The Morgan fingerprint density at radius 2 is 0.688 bits per heavy atom. The van der Waals surface area contributed by atoms with Gasteiger partial charge in [-0.3, -0.25) is 9.98 Å². The van der Waals surface area contributed by atoms with Gasteiger partial charge in [0.25, 0.3) is 0 Å². The average Bonchev–Trinajstić information content (AvgIpc) is 4.00.